The third-order valence-corrected chi connectivity index (χ3v) is 7.86. The van der Waals surface area contributed by atoms with Crippen molar-refractivity contribution in [3.05, 3.63) is 50.7 Å². The molecule has 1 aromatic carbocycles. The van der Waals surface area contributed by atoms with Gasteiger partial charge in [0.2, 0.25) is 5.91 Å². The van der Waals surface area contributed by atoms with Gasteiger partial charge in [-0.1, -0.05) is 18.5 Å². The zero-order chi connectivity index (χ0) is 20.3. The standard InChI is InChI=1S/C19H21ClN2O4S2/c1-12-2-7-16-13(10-12)11-17(27-16)19(24)22-21-18(23)8-9-28(25,26)15-5-3-14(20)4-6-15/h3-6,11-12H,2,7-10H2,1H3,(H,21,23)(H,22,24)/t12-/m1/s1. The number of halogens is 1. The summed E-state index contributed by atoms with van der Waals surface area (Å²) in [5.41, 5.74) is 5.85. The molecule has 0 fully saturated rings. The quantitative estimate of drug-likeness (QED) is 0.698. The number of nitrogens with one attached hydrogen (secondary N) is 2. The highest BCUT2D eigenvalue weighted by Crippen LogP contribution is 2.32. The summed E-state index contributed by atoms with van der Waals surface area (Å²) >= 11 is 7.20. The Labute approximate surface area is 173 Å². The molecule has 0 unspecified atom stereocenters. The number of amides is 2. The van der Waals surface area contributed by atoms with Crippen molar-refractivity contribution in [1.29, 1.82) is 0 Å². The minimum Gasteiger partial charge on any atom is -0.273 e. The topological polar surface area (TPSA) is 92.3 Å². The Balaban J connectivity index is 1.50. The van der Waals surface area contributed by atoms with Crippen LogP contribution in [0.1, 0.15) is 39.9 Å². The Morgan fingerprint density at radius 1 is 1.21 bits per heavy atom. The zero-order valence-electron chi connectivity index (χ0n) is 15.3. The number of fused-ring (bicyclic) bond motifs is 1. The van der Waals surface area contributed by atoms with Crippen LogP contribution in [0, 0.1) is 5.92 Å². The fourth-order valence-corrected chi connectivity index (χ4v) is 5.53. The van der Waals surface area contributed by atoms with E-state index in [2.05, 4.69) is 17.8 Å². The monoisotopic (exact) mass is 440 g/mol. The van der Waals surface area contributed by atoms with E-state index < -0.39 is 15.7 Å². The summed E-state index contributed by atoms with van der Waals surface area (Å²) in [6.07, 6.45) is 2.80. The number of carbonyl (C=O) groups excluding carboxylic acids is 2. The molecule has 1 heterocycles. The molecular weight excluding hydrogens is 420 g/mol. The van der Waals surface area contributed by atoms with Gasteiger partial charge in [0.1, 0.15) is 0 Å². The number of rotatable bonds is 5. The van der Waals surface area contributed by atoms with Gasteiger partial charge in [-0.3, -0.25) is 20.4 Å². The molecule has 0 bridgehead atoms. The molecule has 3 rings (SSSR count). The highest BCUT2D eigenvalue weighted by Gasteiger charge is 2.21. The number of hydrazine groups is 1. The average Bonchev–Trinajstić information content (AvgIpc) is 3.08. The smallest absolute Gasteiger partial charge is 0.273 e. The molecular formula is C19H21ClN2O4S2. The van der Waals surface area contributed by atoms with Crippen molar-refractivity contribution in [2.75, 3.05) is 5.75 Å². The Kier molecular flexibility index (Phi) is 6.42. The fraction of sp³-hybridized carbons (Fsp3) is 0.368. The molecule has 28 heavy (non-hydrogen) atoms. The van der Waals surface area contributed by atoms with Crippen LogP contribution in [0.5, 0.6) is 0 Å². The van der Waals surface area contributed by atoms with Gasteiger partial charge >= 0.3 is 0 Å². The van der Waals surface area contributed by atoms with Crippen molar-refractivity contribution in [2.45, 2.75) is 37.5 Å². The lowest BCUT2D eigenvalue weighted by molar-refractivity contribution is -0.121. The third-order valence-electron chi connectivity index (χ3n) is 4.64. The van der Waals surface area contributed by atoms with E-state index in [1.54, 1.807) is 0 Å². The lowest BCUT2D eigenvalue weighted by atomic mass is 9.90. The normalized spacial score (nSPS) is 16.3. The number of sulfone groups is 1. The van der Waals surface area contributed by atoms with Crippen molar-refractivity contribution in [3.63, 3.8) is 0 Å². The van der Waals surface area contributed by atoms with E-state index in [1.165, 1.54) is 46.0 Å². The van der Waals surface area contributed by atoms with E-state index in [9.17, 15) is 18.0 Å². The summed E-state index contributed by atoms with van der Waals surface area (Å²) in [5, 5.41) is 0.434. The van der Waals surface area contributed by atoms with Crippen LogP contribution < -0.4 is 10.9 Å². The van der Waals surface area contributed by atoms with Gasteiger partial charge in [0.05, 0.1) is 15.5 Å². The Hall–Kier alpha value is -1.90. The molecule has 1 aliphatic carbocycles. The van der Waals surface area contributed by atoms with Crippen LogP contribution in [0.2, 0.25) is 5.02 Å². The van der Waals surface area contributed by atoms with Crippen molar-refractivity contribution < 1.29 is 18.0 Å². The summed E-state index contributed by atoms with van der Waals surface area (Å²) < 4.78 is 24.5. The summed E-state index contributed by atoms with van der Waals surface area (Å²) in [6, 6.07) is 7.64. The van der Waals surface area contributed by atoms with Crippen LogP contribution in [0.4, 0.5) is 0 Å². The first-order valence-corrected chi connectivity index (χ1v) is 11.8. The summed E-state index contributed by atoms with van der Waals surface area (Å²) in [4.78, 5) is 26.1. The number of thiophene rings is 1. The van der Waals surface area contributed by atoms with Crippen LogP contribution in [0.25, 0.3) is 0 Å². The minimum atomic E-state index is -3.60. The number of benzene rings is 1. The average molecular weight is 441 g/mol. The van der Waals surface area contributed by atoms with Gasteiger partial charge in [0.25, 0.3) is 5.91 Å². The lowest BCUT2D eigenvalue weighted by Gasteiger charge is -2.16. The van der Waals surface area contributed by atoms with Crippen molar-refractivity contribution >= 4 is 44.6 Å². The van der Waals surface area contributed by atoms with Crippen molar-refractivity contribution in [3.8, 4) is 0 Å². The molecule has 1 aromatic heterocycles. The van der Waals surface area contributed by atoms with E-state index in [4.69, 9.17) is 11.6 Å². The van der Waals surface area contributed by atoms with Gasteiger partial charge in [-0.15, -0.1) is 11.3 Å². The molecule has 9 heteroatoms. The predicted molar refractivity (Wildman–Crippen MR) is 109 cm³/mol. The van der Waals surface area contributed by atoms with E-state index >= 15 is 0 Å². The van der Waals surface area contributed by atoms with Gasteiger partial charge < -0.3 is 0 Å². The molecule has 1 atom stereocenters. The molecule has 2 aromatic rings. The van der Waals surface area contributed by atoms with Crippen LogP contribution in [-0.4, -0.2) is 26.0 Å². The molecule has 6 nitrogen and oxygen atoms in total. The molecule has 0 aliphatic heterocycles. The SMILES string of the molecule is C[C@@H]1CCc2sc(C(=O)NNC(=O)CCS(=O)(=O)c3ccc(Cl)cc3)cc2C1. The molecule has 0 spiro atoms. The maximum absolute atomic E-state index is 12.3. The first-order valence-electron chi connectivity index (χ1n) is 8.93. The van der Waals surface area contributed by atoms with Crippen LogP contribution in [0.3, 0.4) is 0 Å². The minimum absolute atomic E-state index is 0.104. The maximum Gasteiger partial charge on any atom is 0.279 e. The van der Waals surface area contributed by atoms with E-state index in [1.807, 2.05) is 6.07 Å². The largest absolute Gasteiger partial charge is 0.279 e. The molecule has 1 aliphatic rings. The van der Waals surface area contributed by atoms with Crippen LogP contribution in [-0.2, 0) is 27.5 Å². The number of hydrogen-bond donors (Lipinski definition) is 2. The highest BCUT2D eigenvalue weighted by atomic mass is 35.5. The number of hydrogen-bond acceptors (Lipinski definition) is 5. The second-order valence-corrected chi connectivity index (χ2v) is 10.6. The molecule has 0 saturated carbocycles. The Morgan fingerprint density at radius 2 is 1.93 bits per heavy atom. The van der Waals surface area contributed by atoms with Crippen LogP contribution in [0.15, 0.2) is 35.2 Å². The van der Waals surface area contributed by atoms with Gasteiger partial charge in [-0.05, 0) is 61.1 Å². The molecule has 0 radical (unpaired) electrons. The number of aryl methyl sites for hydroxylation is 1. The van der Waals surface area contributed by atoms with E-state index in [-0.39, 0.29) is 23.0 Å². The molecule has 0 saturated heterocycles. The van der Waals surface area contributed by atoms with Crippen molar-refractivity contribution in [1.82, 2.24) is 10.9 Å². The van der Waals surface area contributed by atoms with Gasteiger partial charge in [0.15, 0.2) is 9.84 Å². The van der Waals surface area contributed by atoms with E-state index in [0.717, 1.165) is 19.3 Å². The zero-order valence-corrected chi connectivity index (χ0v) is 17.7. The lowest BCUT2D eigenvalue weighted by Crippen LogP contribution is -2.41. The third kappa shape index (κ3) is 5.12. The van der Waals surface area contributed by atoms with Crippen LogP contribution >= 0.6 is 22.9 Å². The van der Waals surface area contributed by atoms with E-state index in [0.29, 0.717) is 15.8 Å². The number of carbonyl (C=O) groups is 2. The molecule has 2 amide bonds. The highest BCUT2D eigenvalue weighted by molar-refractivity contribution is 7.91. The van der Waals surface area contributed by atoms with Gasteiger partial charge in [0, 0.05) is 16.3 Å². The van der Waals surface area contributed by atoms with Crippen molar-refractivity contribution in [2.24, 2.45) is 5.92 Å². The molecule has 2 N–H and O–H groups in total. The fourth-order valence-electron chi connectivity index (χ4n) is 3.06. The second-order valence-electron chi connectivity index (χ2n) is 6.93. The summed E-state index contributed by atoms with van der Waals surface area (Å²) in [7, 11) is -3.60. The summed E-state index contributed by atoms with van der Waals surface area (Å²) in [5.74, 6) is -0.705. The van der Waals surface area contributed by atoms with Gasteiger partial charge in [-0.25, -0.2) is 8.42 Å². The van der Waals surface area contributed by atoms with Gasteiger partial charge in [-0.2, -0.15) is 0 Å². The Bertz CT molecular complexity index is 984. The first kappa shape index (κ1) is 20.8. The summed E-state index contributed by atoms with van der Waals surface area (Å²) in [6.45, 7) is 2.19. The Morgan fingerprint density at radius 3 is 2.64 bits per heavy atom. The predicted octanol–water partition coefficient (Wildman–Crippen LogP) is 3.15. The second kappa shape index (κ2) is 8.63. The first-order chi connectivity index (χ1) is 13.2. The molecule has 150 valence electrons. The maximum atomic E-state index is 12.3.